The number of nitrogens with zero attached hydrogens (tertiary/aromatic N) is 4. The van der Waals surface area contributed by atoms with Crippen LogP contribution in [0.3, 0.4) is 0 Å². The molecule has 162 valence electrons. The van der Waals surface area contributed by atoms with Crippen molar-refractivity contribution in [3.8, 4) is 0 Å². The molecule has 4 heterocycles. The minimum atomic E-state index is 0.806. The minimum Gasteiger partial charge on any atom is -0.369 e. The number of pyridine rings is 1. The molecule has 31 heavy (non-hydrogen) atoms. The molecule has 2 aromatic heterocycles. The monoisotopic (exact) mass is 435 g/mol. The summed E-state index contributed by atoms with van der Waals surface area (Å²) in [4.78, 5) is 15.4. The van der Waals surface area contributed by atoms with Crippen LogP contribution in [0.2, 0.25) is 5.02 Å². The van der Waals surface area contributed by atoms with Crippen LogP contribution in [0.4, 0.5) is 5.69 Å². The SMILES string of the molecule is Clc1ccc(N2CCN(CCCN3CC=C(c4c[nH]c5ncccc45)CC3)CC2)cc1. The zero-order valence-corrected chi connectivity index (χ0v) is 18.7. The number of H-pyrrole nitrogens is 1. The summed E-state index contributed by atoms with van der Waals surface area (Å²) in [7, 11) is 0. The van der Waals surface area contributed by atoms with Crippen molar-refractivity contribution in [2.75, 3.05) is 57.3 Å². The van der Waals surface area contributed by atoms with E-state index >= 15 is 0 Å². The molecule has 0 saturated carbocycles. The van der Waals surface area contributed by atoms with Crippen molar-refractivity contribution >= 4 is 33.9 Å². The van der Waals surface area contributed by atoms with E-state index in [4.69, 9.17) is 11.6 Å². The summed E-state index contributed by atoms with van der Waals surface area (Å²) in [5, 5.41) is 2.04. The van der Waals surface area contributed by atoms with E-state index in [1.807, 2.05) is 24.4 Å². The summed E-state index contributed by atoms with van der Waals surface area (Å²) < 4.78 is 0. The minimum absolute atomic E-state index is 0.806. The Morgan fingerprint density at radius 1 is 0.935 bits per heavy atom. The van der Waals surface area contributed by atoms with Gasteiger partial charge in [-0.2, -0.15) is 0 Å². The summed E-state index contributed by atoms with van der Waals surface area (Å²) in [6.45, 7) is 9.03. The Hall–Kier alpha value is -2.34. The summed E-state index contributed by atoms with van der Waals surface area (Å²) in [5.41, 5.74) is 5.04. The van der Waals surface area contributed by atoms with Crippen molar-refractivity contribution in [1.29, 1.82) is 0 Å². The molecule has 0 amide bonds. The van der Waals surface area contributed by atoms with Crippen LogP contribution in [0.1, 0.15) is 18.4 Å². The molecule has 0 atom stereocenters. The van der Waals surface area contributed by atoms with Crippen molar-refractivity contribution in [2.24, 2.45) is 0 Å². The fraction of sp³-hybridized carbons (Fsp3) is 0.400. The Bertz CT molecular complexity index is 1030. The Balaban J connectivity index is 1.06. The first-order valence-electron chi connectivity index (χ1n) is 11.3. The molecular weight excluding hydrogens is 406 g/mol. The zero-order valence-electron chi connectivity index (χ0n) is 17.9. The molecule has 0 aliphatic carbocycles. The third kappa shape index (κ3) is 4.79. The molecule has 1 N–H and O–H groups in total. The van der Waals surface area contributed by atoms with Gasteiger partial charge in [-0.25, -0.2) is 4.98 Å². The summed E-state index contributed by atoms with van der Waals surface area (Å²) >= 11 is 6.01. The molecule has 3 aromatic rings. The van der Waals surface area contributed by atoms with Gasteiger partial charge in [0.1, 0.15) is 5.65 Å². The smallest absolute Gasteiger partial charge is 0.137 e. The number of hydrogen-bond acceptors (Lipinski definition) is 4. The second-order valence-electron chi connectivity index (χ2n) is 8.54. The maximum atomic E-state index is 6.01. The van der Waals surface area contributed by atoms with Gasteiger partial charge in [-0.05, 0) is 67.9 Å². The fourth-order valence-electron chi connectivity index (χ4n) is 4.78. The molecule has 6 heteroatoms. The van der Waals surface area contributed by atoms with Crippen molar-refractivity contribution < 1.29 is 0 Å². The summed E-state index contributed by atoms with van der Waals surface area (Å²) in [6, 6.07) is 12.4. The third-order valence-corrected chi connectivity index (χ3v) is 6.86. The Kier molecular flexibility index (Phi) is 6.25. The van der Waals surface area contributed by atoms with E-state index in [0.717, 1.165) is 56.4 Å². The Morgan fingerprint density at radius 2 is 1.74 bits per heavy atom. The highest BCUT2D eigenvalue weighted by molar-refractivity contribution is 6.30. The molecule has 0 spiro atoms. The quantitative estimate of drug-likeness (QED) is 0.617. The summed E-state index contributed by atoms with van der Waals surface area (Å²) in [5.74, 6) is 0. The predicted octanol–water partition coefficient (Wildman–Crippen LogP) is 4.52. The Morgan fingerprint density at radius 3 is 2.52 bits per heavy atom. The highest BCUT2D eigenvalue weighted by atomic mass is 35.5. The number of aromatic nitrogens is 2. The van der Waals surface area contributed by atoms with Crippen molar-refractivity contribution in [3.63, 3.8) is 0 Å². The lowest BCUT2D eigenvalue weighted by atomic mass is 9.99. The van der Waals surface area contributed by atoms with Gasteiger partial charge in [-0.3, -0.25) is 9.80 Å². The van der Waals surface area contributed by atoms with Crippen LogP contribution in [-0.2, 0) is 0 Å². The van der Waals surface area contributed by atoms with E-state index in [1.165, 1.54) is 41.7 Å². The number of halogens is 1. The van der Waals surface area contributed by atoms with E-state index < -0.39 is 0 Å². The van der Waals surface area contributed by atoms with Crippen LogP contribution in [0.25, 0.3) is 16.6 Å². The second-order valence-corrected chi connectivity index (χ2v) is 8.98. The van der Waals surface area contributed by atoms with Crippen LogP contribution < -0.4 is 4.90 Å². The van der Waals surface area contributed by atoms with Gasteiger partial charge < -0.3 is 9.88 Å². The number of rotatable bonds is 6. The lowest BCUT2D eigenvalue weighted by Crippen LogP contribution is -2.47. The molecule has 2 aliphatic rings. The van der Waals surface area contributed by atoms with E-state index in [0.29, 0.717) is 0 Å². The number of benzene rings is 1. The predicted molar refractivity (Wildman–Crippen MR) is 130 cm³/mol. The van der Waals surface area contributed by atoms with E-state index in [9.17, 15) is 0 Å². The first-order chi connectivity index (χ1) is 15.3. The van der Waals surface area contributed by atoms with Gasteiger partial charge >= 0.3 is 0 Å². The average Bonchev–Trinajstić information content (AvgIpc) is 3.25. The number of aromatic amines is 1. The number of anilines is 1. The molecule has 0 unspecified atom stereocenters. The molecule has 5 rings (SSSR count). The second kappa shape index (κ2) is 9.43. The van der Waals surface area contributed by atoms with E-state index in [-0.39, 0.29) is 0 Å². The first-order valence-corrected chi connectivity index (χ1v) is 11.7. The van der Waals surface area contributed by atoms with Crippen molar-refractivity contribution in [1.82, 2.24) is 19.8 Å². The molecular formula is C25H30ClN5. The van der Waals surface area contributed by atoms with Crippen LogP contribution in [0, 0.1) is 0 Å². The van der Waals surface area contributed by atoms with Crippen molar-refractivity contribution in [2.45, 2.75) is 12.8 Å². The van der Waals surface area contributed by atoms with Gasteiger partial charge in [0.15, 0.2) is 0 Å². The van der Waals surface area contributed by atoms with Crippen LogP contribution in [0.15, 0.2) is 54.9 Å². The standard InChI is InChI=1S/C25H30ClN5/c26-21-4-6-22(7-5-21)31-17-15-30(16-18-31)12-2-11-29-13-8-20(9-14-29)24-19-28-25-23(24)3-1-10-27-25/h1,3-8,10,19H,2,9,11-18H2,(H,27,28). The molecule has 1 saturated heterocycles. The Labute approximate surface area is 189 Å². The number of nitrogens with one attached hydrogen (secondary N) is 1. The highest BCUT2D eigenvalue weighted by Crippen LogP contribution is 2.28. The van der Waals surface area contributed by atoms with Gasteiger partial charge in [0.2, 0.25) is 0 Å². The van der Waals surface area contributed by atoms with Gasteiger partial charge in [0.05, 0.1) is 0 Å². The lowest BCUT2D eigenvalue weighted by molar-refractivity contribution is 0.227. The van der Waals surface area contributed by atoms with Gasteiger partial charge in [-0.1, -0.05) is 17.7 Å². The maximum Gasteiger partial charge on any atom is 0.137 e. The fourth-order valence-corrected chi connectivity index (χ4v) is 4.91. The van der Waals surface area contributed by atoms with E-state index in [1.54, 1.807) is 0 Å². The molecule has 1 fully saturated rings. The topological polar surface area (TPSA) is 38.4 Å². The average molecular weight is 436 g/mol. The number of hydrogen-bond donors (Lipinski definition) is 1. The number of fused-ring (bicyclic) bond motifs is 1. The normalized spacial score (nSPS) is 18.5. The van der Waals surface area contributed by atoms with Crippen LogP contribution in [-0.4, -0.2) is 72.1 Å². The van der Waals surface area contributed by atoms with Gasteiger partial charge in [0, 0.05) is 73.3 Å². The summed E-state index contributed by atoms with van der Waals surface area (Å²) in [6.07, 6.45) is 8.72. The molecule has 0 bridgehead atoms. The largest absolute Gasteiger partial charge is 0.369 e. The van der Waals surface area contributed by atoms with E-state index in [2.05, 4.69) is 55.1 Å². The molecule has 2 aliphatic heterocycles. The maximum absolute atomic E-state index is 6.01. The number of piperazine rings is 1. The van der Waals surface area contributed by atoms with Crippen LogP contribution in [0.5, 0.6) is 0 Å². The van der Waals surface area contributed by atoms with Crippen molar-refractivity contribution in [3.05, 3.63) is 65.5 Å². The zero-order chi connectivity index (χ0) is 21.0. The lowest BCUT2D eigenvalue weighted by Gasteiger charge is -2.36. The highest BCUT2D eigenvalue weighted by Gasteiger charge is 2.18. The molecule has 0 radical (unpaired) electrons. The first kappa shape index (κ1) is 20.6. The third-order valence-electron chi connectivity index (χ3n) is 6.60. The van der Waals surface area contributed by atoms with Crippen LogP contribution >= 0.6 is 11.6 Å². The molecule has 1 aromatic carbocycles. The van der Waals surface area contributed by atoms with Gasteiger partial charge in [0.25, 0.3) is 0 Å². The van der Waals surface area contributed by atoms with Gasteiger partial charge in [-0.15, -0.1) is 0 Å². The molecule has 5 nitrogen and oxygen atoms in total.